The van der Waals surface area contributed by atoms with Gasteiger partial charge in [-0.25, -0.2) is 12.8 Å². The number of rotatable bonds is 6. The van der Waals surface area contributed by atoms with E-state index in [2.05, 4.69) is 0 Å². The lowest BCUT2D eigenvalue weighted by Gasteiger charge is -2.25. The van der Waals surface area contributed by atoms with Crippen molar-refractivity contribution in [1.29, 1.82) is 0 Å². The van der Waals surface area contributed by atoms with Gasteiger partial charge in [0.2, 0.25) is 0 Å². The van der Waals surface area contributed by atoms with E-state index in [1.54, 1.807) is 23.1 Å². The number of benzene rings is 3. The lowest BCUT2D eigenvalue weighted by Crippen LogP contribution is -2.31. The minimum Gasteiger partial charge on any atom is -0.339 e. The van der Waals surface area contributed by atoms with Gasteiger partial charge in [-0.15, -0.1) is 0 Å². The molecule has 1 heterocycles. The second-order valence-electron chi connectivity index (χ2n) is 7.62. The highest BCUT2D eigenvalue weighted by atomic mass is 35.5. The molecule has 0 saturated carbocycles. The molecule has 1 aliphatic heterocycles. The van der Waals surface area contributed by atoms with Crippen LogP contribution < -0.4 is 4.31 Å². The van der Waals surface area contributed by atoms with Crippen molar-refractivity contribution >= 4 is 33.2 Å². The van der Waals surface area contributed by atoms with E-state index in [1.165, 1.54) is 40.7 Å². The van der Waals surface area contributed by atoms with Crippen LogP contribution in [0.5, 0.6) is 0 Å². The Bertz CT molecular complexity index is 1210. The number of sulfonamides is 1. The van der Waals surface area contributed by atoms with E-state index < -0.39 is 15.8 Å². The highest BCUT2D eigenvalue weighted by Crippen LogP contribution is 2.31. The smallest absolute Gasteiger partial charge is 0.266 e. The summed E-state index contributed by atoms with van der Waals surface area (Å²) in [7, 11) is -4.17. The molecule has 0 aliphatic carbocycles. The summed E-state index contributed by atoms with van der Waals surface area (Å²) in [6, 6.07) is 18.6. The largest absolute Gasteiger partial charge is 0.339 e. The van der Waals surface area contributed by atoms with Crippen LogP contribution in [0.4, 0.5) is 10.1 Å². The van der Waals surface area contributed by atoms with Crippen LogP contribution in [-0.2, 0) is 16.6 Å². The van der Waals surface area contributed by atoms with Crippen molar-refractivity contribution < 1.29 is 17.6 Å². The molecule has 0 unspecified atom stereocenters. The van der Waals surface area contributed by atoms with Crippen LogP contribution in [0.2, 0.25) is 5.02 Å². The number of nitrogens with zero attached hydrogens (tertiary/aromatic N) is 2. The summed E-state index contributed by atoms with van der Waals surface area (Å²) in [6.07, 6.45) is 1.86. The number of carbonyl (C=O) groups is 1. The van der Waals surface area contributed by atoms with Crippen LogP contribution in [0.15, 0.2) is 77.7 Å². The van der Waals surface area contributed by atoms with Crippen LogP contribution in [0.25, 0.3) is 0 Å². The van der Waals surface area contributed by atoms with E-state index in [4.69, 9.17) is 11.6 Å². The molecule has 0 aromatic heterocycles. The van der Waals surface area contributed by atoms with Gasteiger partial charge in [-0.05, 0) is 60.9 Å². The van der Waals surface area contributed by atoms with Crippen LogP contribution in [0.1, 0.15) is 28.8 Å². The third-order valence-corrected chi connectivity index (χ3v) is 7.68. The van der Waals surface area contributed by atoms with E-state index >= 15 is 0 Å². The second-order valence-corrected chi connectivity index (χ2v) is 9.86. The van der Waals surface area contributed by atoms with E-state index in [0.29, 0.717) is 18.8 Å². The Morgan fingerprint density at radius 3 is 2.28 bits per heavy atom. The molecule has 8 heteroatoms. The zero-order valence-electron chi connectivity index (χ0n) is 17.2. The van der Waals surface area contributed by atoms with Crippen LogP contribution in [0.3, 0.4) is 0 Å². The van der Waals surface area contributed by atoms with Crippen LogP contribution in [-0.4, -0.2) is 32.3 Å². The predicted molar refractivity (Wildman–Crippen MR) is 123 cm³/mol. The van der Waals surface area contributed by atoms with Gasteiger partial charge in [0.1, 0.15) is 10.7 Å². The minimum absolute atomic E-state index is 0.0168. The maximum atomic E-state index is 13.8. The molecule has 0 N–H and O–H groups in total. The van der Waals surface area contributed by atoms with Gasteiger partial charge in [-0.3, -0.25) is 9.10 Å². The van der Waals surface area contributed by atoms with Gasteiger partial charge >= 0.3 is 0 Å². The first-order valence-electron chi connectivity index (χ1n) is 10.3. The first-order valence-corrected chi connectivity index (χ1v) is 12.1. The average Bonchev–Trinajstić information content (AvgIpc) is 3.33. The summed E-state index contributed by atoms with van der Waals surface area (Å²) in [6.45, 7) is 1.33. The standard InChI is InChI=1S/C24H22ClFN2O3S/c25-22-13-8-19(24(29)27-14-4-5-15-27)16-23(22)32(30,31)28(17-18-6-2-1-3-7-18)21-11-9-20(26)10-12-21/h1-3,6-13,16H,4-5,14-15,17H2. The molecule has 4 rings (SSSR count). The zero-order valence-corrected chi connectivity index (χ0v) is 18.8. The summed E-state index contributed by atoms with van der Waals surface area (Å²) in [5.41, 5.74) is 1.32. The molecule has 1 amide bonds. The molecule has 3 aromatic carbocycles. The van der Waals surface area contributed by atoms with Gasteiger partial charge in [0, 0.05) is 18.7 Å². The highest BCUT2D eigenvalue weighted by Gasteiger charge is 2.29. The van der Waals surface area contributed by atoms with Crippen molar-refractivity contribution in [1.82, 2.24) is 4.90 Å². The Morgan fingerprint density at radius 2 is 1.62 bits per heavy atom. The van der Waals surface area contributed by atoms with Crippen molar-refractivity contribution in [3.05, 3.63) is 94.8 Å². The van der Waals surface area contributed by atoms with Gasteiger partial charge in [-0.1, -0.05) is 41.9 Å². The molecule has 5 nitrogen and oxygen atoms in total. The first kappa shape index (κ1) is 22.3. The Hall–Kier alpha value is -2.90. The van der Waals surface area contributed by atoms with Gasteiger partial charge < -0.3 is 4.90 Å². The number of amides is 1. The minimum atomic E-state index is -4.17. The third-order valence-electron chi connectivity index (χ3n) is 5.42. The molecule has 1 aliphatic rings. The Morgan fingerprint density at radius 1 is 0.969 bits per heavy atom. The second kappa shape index (κ2) is 9.30. The number of likely N-dealkylation sites (tertiary alicyclic amines) is 1. The summed E-state index contributed by atoms with van der Waals surface area (Å²) in [5, 5.41) is 0.0168. The molecule has 1 saturated heterocycles. The summed E-state index contributed by atoms with van der Waals surface area (Å²) >= 11 is 6.31. The third kappa shape index (κ3) is 4.64. The fourth-order valence-corrected chi connectivity index (χ4v) is 5.68. The lowest BCUT2D eigenvalue weighted by molar-refractivity contribution is 0.0792. The van der Waals surface area contributed by atoms with Gasteiger partial charge in [0.25, 0.3) is 15.9 Å². The maximum Gasteiger partial charge on any atom is 0.266 e. The molecule has 0 bridgehead atoms. The van der Waals surface area contributed by atoms with E-state index in [-0.39, 0.29) is 27.9 Å². The predicted octanol–water partition coefficient (Wildman–Crippen LogP) is 5.11. The topological polar surface area (TPSA) is 57.7 Å². The van der Waals surface area contributed by atoms with Crippen LogP contribution >= 0.6 is 11.6 Å². The number of anilines is 1. The van der Waals surface area contributed by atoms with Crippen molar-refractivity contribution in [3.63, 3.8) is 0 Å². The lowest BCUT2D eigenvalue weighted by atomic mass is 10.2. The SMILES string of the molecule is O=C(c1ccc(Cl)c(S(=O)(=O)N(Cc2ccccc2)c2ccc(F)cc2)c1)N1CCCC1. The molecule has 32 heavy (non-hydrogen) atoms. The zero-order chi connectivity index (χ0) is 22.7. The molecular weight excluding hydrogens is 451 g/mol. The summed E-state index contributed by atoms with van der Waals surface area (Å²) < 4.78 is 42.2. The van der Waals surface area contributed by atoms with Crippen LogP contribution in [0, 0.1) is 5.82 Å². The molecule has 0 spiro atoms. The fraction of sp³-hybridized carbons (Fsp3) is 0.208. The van der Waals surface area contributed by atoms with Gasteiger partial charge in [0.05, 0.1) is 17.3 Å². The Kier molecular flexibility index (Phi) is 6.48. The van der Waals surface area contributed by atoms with Gasteiger partial charge in [-0.2, -0.15) is 0 Å². The molecule has 166 valence electrons. The summed E-state index contributed by atoms with van der Waals surface area (Å²) in [5.74, 6) is -0.686. The fourth-order valence-electron chi connectivity index (χ4n) is 3.73. The van der Waals surface area contributed by atoms with Gasteiger partial charge in [0.15, 0.2) is 0 Å². The monoisotopic (exact) mass is 472 g/mol. The highest BCUT2D eigenvalue weighted by molar-refractivity contribution is 7.93. The Balaban J connectivity index is 1.77. The van der Waals surface area contributed by atoms with Crippen molar-refractivity contribution in [2.45, 2.75) is 24.3 Å². The normalized spacial score (nSPS) is 13.9. The van der Waals surface area contributed by atoms with E-state index in [9.17, 15) is 17.6 Å². The number of hydrogen-bond donors (Lipinski definition) is 0. The number of carbonyl (C=O) groups excluding carboxylic acids is 1. The van der Waals surface area contributed by atoms with Crippen molar-refractivity contribution in [2.24, 2.45) is 0 Å². The molecule has 0 atom stereocenters. The van der Waals surface area contributed by atoms with E-state index in [0.717, 1.165) is 18.4 Å². The van der Waals surface area contributed by atoms with E-state index in [1.807, 2.05) is 18.2 Å². The quantitative estimate of drug-likeness (QED) is 0.501. The average molecular weight is 473 g/mol. The molecule has 0 radical (unpaired) electrons. The molecular formula is C24H22ClFN2O3S. The molecule has 1 fully saturated rings. The Labute approximate surface area is 192 Å². The van der Waals surface area contributed by atoms with Crippen molar-refractivity contribution in [3.8, 4) is 0 Å². The maximum absolute atomic E-state index is 13.8. The van der Waals surface area contributed by atoms with Crippen molar-refractivity contribution in [2.75, 3.05) is 17.4 Å². The summed E-state index contributed by atoms with van der Waals surface area (Å²) in [4.78, 5) is 14.4. The number of hydrogen-bond acceptors (Lipinski definition) is 3. The first-order chi connectivity index (χ1) is 15.4. The number of halogens is 2. The molecule has 3 aromatic rings.